The average Bonchev–Trinajstić information content (AvgIpc) is 3.73. The summed E-state index contributed by atoms with van der Waals surface area (Å²) in [7, 11) is -4.57. The summed E-state index contributed by atoms with van der Waals surface area (Å²) in [6.07, 6.45) is -12.7. The molecule has 3 rings (SSSR count). The predicted molar refractivity (Wildman–Crippen MR) is 184 cm³/mol. The third kappa shape index (κ3) is 16.0. The number of rotatable bonds is 27. The van der Waals surface area contributed by atoms with E-state index in [1.807, 2.05) is 0 Å². The molecule has 334 valence electrons. The smallest absolute Gasteiger partial charge is 0.462 e. The Balaban J connectivity index is 1.24. The number of esters is 2. The minimum Gasteiger partial charge on any atom is -0.462 e. The van der Waals surface area contributed by atoms with Crippen LogP contribution in [-0.2, 0) is 79.0 Å². The highest BCUT2D eigenvalue weighted by atomic mass is 31.2. The number of hydrogen-bond donors (Lipinski definition) is 9. The van der Waals surface area contributed by atoms with Crippen molar-refractivity contribution >= 4 is 25.7 Å². The maximum atomic E-state index is 12.0. The first kappa shape index (κ1) is 49.5. The zero-order valence-corrected chi connectivity index (χ0v) is 32.6. The Bertz CT molecular complexity index is 1460. The summed E-state index contributed by atoms with van der Waals surface area (Å²) in [5.41, 5.74) is 0.388. The number of nitrogens with zero attached hydrogens (tertiary/aromatic N) is 3. The van der Waals surface area contributed by atoms with Crippen LogP contribution in [0.4, 0.5) is 0 Å². The van der Waals surface area contributed by atoms with Crippen molar-refractivity contribution in [2.45, 2.75) is 94.3 Å². The maximum absolute atomic E-state index is 12.0. The lowest BCUT2D eigenvalue weighted by Gasteiger charge is -2.43. The lowest BCUT2D eigenvalue weighted by atomic mass is 9.99. The second-order valence-electron chi connectivity index (χ2n) is 12.8. The molecule has 2 aliphatic heterocycles. The van der Waals surface area contributed by atoms with E-state index in [9.17, 15) is 59.6 Å². The van der Waals surface area contributed by atoms with Crippen molar-refractivity contribution < 1.29 is 107 Å². The Morgan fingerprint density at radius 2 is 1.64 bits per heavy atom. The summed E-state index contributed by atoms with van der Waals surface area (Å²) >= 11 is 0. The van der Waals surface area contributed by atoms with Crippen LogP contribution in [0.25, 0.3) is 0 Å². The first-order valence-corrected chi connectivity index (χ1v) is 19.4. The summed E-state index contributed by atoms with van der Waals surface area (Å²) in [6.45, 7) is -0.419. The molecule has 26 nitrogen and oxygen atoms in total. The van der Waals surface area contributed by atoms with Gasteiger partial charge in [0.2, 0.25) is 11.7 Å². The van der Waals surface area contributed by atoms with Gasteiger partial charge in [0.1, 0.15) is 61.6 Å². The SMILES string of the molecule is CC(=O)OC[C@H](COP(=O)(O)OCCNC(=O)CCOCCOCCn1cc(COC[C@H]2O[C@H](O[C@]3(CO)O[C@H](CO)[C@@H](O)[C@@H]3O)[C@H](O)[C@@H](O)[C@@H]2O)nn1)OC(C)=O. The second kappa shape index (κ2) is 24.4. The molecule has 2 saturated heterocycles. The summed E-state index contributed by atoms with van der Waals surface area (Å²) < 4.78 is 65.4. The quantitative estimate of drug-likeness (QED) is 0.0226. The Morgan fingerprint density at radius 3 is 2.29 bits per heavy atom. The van der Waals surface area contributed by atoms with Gasteiger partial charge in [-0.2, -0.15) is 0 Å². The van der Waals surface area contributed by atoms with Crippen molar-refractivity contribution in [3.05, 3.63) is 11.9 Å². The maximum Gasteiger partial charge on any atom is 0.472 e. The Kier molecular flexibility index (Phi) is 20.8. The van der Waals surface area contributed by atoms with Gasteiger partial charge in [0.25, 0.3) is 0 Å². The topological polar surface area (TPSA) is 365 Å². The molecule has 58 heavy (non-hydrogen) atoms. The van der Waals surface area contributed by atoms with Crippen LogP contribution in [0, 0.1) is 0 Å². The third-order valence-corrected chi connectivity index (χ3v) is 9.21. The molecule has 3 heterocycles. The van der Waals surface area contributed by atoms with Crippen molar-refractivity contribution in [1.82, 2.24) is 20.3 Å². The van der Waals surface area contributed by atoms with Gasteiger partial charge in [0, 0.05) is 26.8 Å². The summed E-state index contributed by atoms with van der Waals surface area (Å²) in [5.74, 6) is -4.10. The first-order valence-electron chi connectivity index (χ1n) is 17.9. The molecule has 0 bridgehead atoms. The molecule has 0 aromatic carbocycles. The van der Waals surface area contributed by atoms with Crippen molar-refractivity contribution in [2.75, 3.05) is 72.6 Å². The number of carbonyl (C=O) groups excluding carboxylic acids is 3. The fourth-order valence-electron chi connectivity index (χ4n) is 5.27. The van der Waals surface area contributed by atoms with E-state index >= 15 is 0 Å². The number of aromatic nitrogens is 3. The van der Waals surface area contributed by atoms with Crippen LogP contribution in [0.15, 0.2) is 6.20 Å². The molecule has 0 spiro atoms. The third-order valence-electron chi connectivity index (χ3n) is 8.23. The number of hydrogen-bond acceptors (Lipinski definition) is 23. The van der Waals surface area contributed by atoms with Crippen LogP contribution in [0.1, 0.15) is 26.0 Å². The van der Waals surface area contributed by atoms with E-state index in [2.05, 4.69) is 15.6 Å². The molecule has 27 heteroatoms. The van der Waals surface area contributed by atoms with Crippen LogP contribution in [0.5, 0.6) is 0 Å². The van der Waals surface area contributed by atoms with Gasteiger partial charge in [-0.05, 0) is 0 Å². The van der Waals surface area contributed by atoms with Crippen LogP contribution >= 0.6 is 7.82 Å². The molecule has 0 saturated carbocycles. The summed E-state index contributed by atoms with van der Waals surface area (Å²) in [5, 5.41) is 81.4. The van der Waals surface area contributed by atoms with Gasteiger partial charge in [-0.1, -0.05) is 5.21 Å². The molecular weight excluding hydrogens is 811 g/mol. The number of phosphoric acid groups is 1. The monoisotopic (exact) mass is 864 g/mol. The Morgan fingerprint density at radius 1 is 0.914 bits per heavy atom. The van der Waals surface area contributed by atoms with E-state index in [1.54, 1.807) is 6.20 Å². The zero-order valence-electron chi connectivity index (χ0n) is 31.8. The van der Waals surface area contributed by atoms with Gasteiger partial charge < -0.3 is 83.9 Å². The van der Waals surface area contributed by atoms with Crippen molar-refractivity contribution in [2.24, 2.45) is 0 Å². The number of aliphatic hydroxyl groups excluding tert-OH is 7. The molecule has 1 unspecified atom stereocenters. The molecule has 11 atom stereocenters. The largest absolute Gasteiger partial charge is 0.472 e. The molecule has 2 fully saturated rings. The van der Waals surface area contributed by atoms with Gasteiger partial charge in [-0.25, -0.2) is 9.25 Å². The van der Waals surface area contributed by atoms with E-state index in [-0.39, 0.29) is 65.8 Å². The van der Waals surface area contributed by atoms with Crippen molar-refractivity contribution in [1.29, 1.82) is 0 Å². The molecule has 1 aromatic rings. The number of aliphatic hydroxyl groups is 7. The molecule has 0 aliphatic carbocycles. The molecule has 1 aromatic heterocycles. The number of amides is 1. The van der Waals surface area contributed by atoms with Crippen molar-refractivity contribution in [3.63, 3.8) is 0 Å². The van der Waals surface area contributed by atoms with E-state index in [1.165, 1.54) is 4.68 Å². The summed E-state index contributed by atoms with van der Waals surface area (Å²) in [4.78, 5) is 43.9. The van der Waals surface area contributed by atoms with Crippen LogP contribution in [0.2, 0.25) is 0 Å². The second-order valence-corrected chi connectivity index (χ2v) is 14.3. The molecule has 0 radical (unpaired) electrons. The number of ether oxygens (including phenoxy) is 8. The standard InChI is InChI=1S/C31H53N4O22P/c1-18(38)51-14-21(54-19(2)39)15-53-58(46,47)52-7-4-32-24(40)3-6-48-9-10-49-8-5-35-11-20(33-34-35)13-50-16-23-25(41)27(43)28(44)30(55-23)57-31(17-37)29(45)26(42)22(12-36)56-31/h11,21-23,25-30,36-37,41-45H,3-10,12-17H2,1-2H3,(H,32,40)(H,46,47)/t21-,22-,23-,25-,26-,27+,28-,29+,30-,31+/m1/s1. The van der Waals surface area contributed by atoms with Crippen molar-refractivity contribution in [3.8, 4) is 0 Å². The van der Waals surface area contributed by atoms with Crippen LogP contribution in [-0.4, -0.2) is 207 Å². The number of phosphoric ester groups is 1. The first-order chi connectivity index (χ1) is 27.5. The highest BCUT2D eigenvalue weighted by Gasteiger charge is 2.58. The van der Waals surface area contributed by atoms with Crippen LogP contribution in [0.3, 0.4) is 0 Å². The van der Waals surface area contributed by atoms with Gasteiger partial charge in [0.15, 0.2) is 12.4 Å². The van der Waals surface area contributed by atoms with Gasteiger partial charge in [-0.3, -0.25) is 23.4 Å². The van der Waals surface area contributed by atoms with Gasteiger partial charge >= 0.3 is 19.8 Å². The van der Waals surface area contributed by atoms with E-state index in [0.717, 1.165) is 13.8 Å². The van der Waals surface area contributed by atoms with E-state index in [4.69, 9.17) is 46.9 Å². The highest BCUT2D eigenvalue weighted by Crippen LogP contribution is 2.43. The van der Waals surface area contributed by atoms with E-state index in [0.29, 0.717) is 12.2 Å². The van der Waals surface area contributed by atoms with E-state index < -0.39 is 106 Å². The fraction of sp³-hybridized carbons (Fsp3) is 0.839. The molecule has 1 amide bonds. The summed E-state index contributed by atoms with van der Waals surface area (Å²) in [6, 6.07) is 0. The minimum absolute atomic E-state index is 0.0135. The molecular formula is C31H53N4O22P. The molecule has 9 N–H and O–H groups in total. The number of carbonyl (C=O) groups is 3. The molecule has 2 aliphatic rings. The fourth-order valence-corrected chi connectivity index (χ4v) is 6.02. The van der Waals surface area contributed by atoms with Gasteiger partial charge in [0.05, 0.1) is 72.2 Å². The van der Waals surface area contributed by atoms with Gasteiger partial charge in [-0.15, -0.1) is 5.10 Å². The Hall–Kier alpha value is -2.86. The number of nitrogens with one attached hydrogen (secondary N) is 1. The normalized spacial score (nSPS) is 28.8. The predicted octanol–water partition coefficient (Wildman–Crippen LogP) is -5.41. The average molecular weight is 865 g/mol. The minimum atomic E-state index is -4.57. The lowest BCUT2D eigenvalue weighted by Crippen LogP contribution is -2.62. The zero-order chi connectivity index (χ0) is 42.9. The highest BCUT2D eigenvalue weighted by molar-refractivity contribution is 7.47. The Labute approximate surface area is 331 Å². The van der Waals surface area contributed by atoms with Crippen LogP contribution < -0.4 is 5.32 Å². The lowest BCUT2D eigenvalue weighted by molar-refractivity contribution is -0.384.